The number of fused-ring (bicyclic) bond motifs is 1. The van der Waals surface area contributed by atoms with Crippen LogP contribution in [0.25, 0.3) is 22.3 Å². The Morgan fingerprint density at radius 1 is 0.939 bits per heavy atom. The highest BCUT2D eigenvalue weighted by molar-refractivity contribution is 6.30. The Hall–Kier alpha value is -3.29. The Bertz CT molecular complexity index is 1260. The molecule has 0 aliphatic carbocycles. The molecule has 1 fully saturated rings. The van der Waals surface area contributed by atoms with Crippen molar-refractivity contribution in [3.8, 4) is 11.3 Å². The van der Waals surface area contributed by atoms with Crippen LogP contribution in [0.4, 0.5) is 10.6 Å². The normalized spacial score (nSPS) is 14.0. The summed E-state index contributed by atoms with van der Waals surface area (Å²) in [5.41, 5.74) is 3.79. The first kappa shape index (κ1) is 21.6. The zero-order valence-electron chi connectivity index (χ0n) is 17.8. The van der Waals surface area contributed by atoms with E-state index in [0.29, 0.717) is 42.8 Å². The maximum Gasteiger partial charge on any atom is 0.317 e. The Labute approximate surface area is 201 Å². The summed E-state index contributed by atoms with van der Waals surface area (Å²) in [7, 11) is 0. The standard InChI is InChI=1S/C24H22Cl2N6O/c25-18-5-1-16(2-6-18)14-27-24(33)32-11-9-31(10-12-32)23-20-13-21(30-22(20)28-15-29-23)17-3-7-19(26)8-4-17/h1-8,13,15H,9-12,14H2,(H,27,33)(H,28,29,30). The summed E-state index contributed by atoms with van der Waals surface area (Å²) in [5.74, 6) is 0.873. The third-order valence-electron chi connectivity index (χ3n) is 5.78. The average Bonchev–Trinajstić information content (AvgIpc) is 3.28. The van der Waals surface area contributed by atoms with E-state index < -0.39 is 0 Å². The molecule has 2 amide bonds. The Morgan fingerprint density at radius 2 is 1.61 bits per heavy atom. The number of rotatable bonds is 4. The number of anilines is 1. The van der Waals surface area contributed by atoms with Crippen molar-refractivity contribution in [3.05, 3.63) is 76.5 Å². The average molecular weight is 481 g/mol. The van der Waals surface area contributed by atoms with Crippen LogP contribution in [0.5, 0.6) is 0 Å². The van der Waals surface area contributed by atoms with Gasteiger partial charge in [-0.25, -0.2) is 14.8 Å². The van der Waals surface area contributed by atoms with E-state index in [-0.39, 0.29) is 6.03 Å². The highest BCUT2D eigenvalue weighted by Gasteiger charge is 2.23. The molecule has 2 N–H and O–H groups in total. The number of aromatic amines is 1. The first-order chi connectivity index (χ1) is 16.1. The molecule has 1 saturated heterocycles. The van der Waals surface area contributed by atoms with Crippen LogP contribution in [0.1, 0.15) is 5.56 Å². The second kappa shape index (κ2) is 9.29. The first-order valence-corrected chi connectivity index (χ1v) is 11.4. The molecule has 0 spiro atoms. The summed E-state index contributed by atoms with van der Waals surface area (Å²) in [5, 5.41) is 5.33. The Kier molecular flexibility index (Phi) is 6.07. The number of halogens is 2. The van der Waals surface area contributed by atoms with Gasteiger partial charge in [-0.15, -0.1) is 0 Å². The van der Waals surface area contributed by atoms with Crippen LogP contribution in [0.3, 0.4) is 0 Å². The van der Waals surface area contributed by atoms with Gasteiger partial charge in [0.1, 0.15) is 17.8 Å². The second-order valence-corrected chi connectivity index (χ2v) is 8.78. The molecule has 0 saturated carbocycles. The molecule has 0 radical (unpaired) electrons. The van der Waals surface area contributed by atoms with E-state index in [0.717, 1.165) is 33.7 Å². The third-order valence-corrected chi connectivity index (χ3v) is 6.29. The van der Waals surface area contributed by atoms with Crippen molar-refractivity contribution in [2.45, 2.75) is 6.54 Å². The quantitative estimate of drug-likeness (QED) is 0.432. The molecule has 4 aromatic rings. The highest BCUT2D eigenvalue weighted by atomic mass is 35.5. The maximum absolute atomic E-state index is 12.6. The van der Waals surface area contributed by atoms with Crippen LogP contribution in [-0.4, -0.2) is 52.1 Å². The van der Waals surface area contributed by atoms with Crippen molar-refractivity contribution < 1.29 is 4.79 Å². The molecule has 1 aliphatic heterocycles. The number of nitrogens with one attached hydrogen (secondary N) is 2. The number of hydrogen-bond donors (Lipinski definition) is 2. The second-order valence-electron chi connectivity index (χ2n) is 7.91. The topological polar surface area (TPSA) is 77.2 Å². The fraction of sp³-hybridized carbons (Fsp3) is 0.208. The van der Waals surface area contributed by atoms with Gasteiger partial charge >= 0.3 is 6.03 Å². The molecule has 5 rings (SSSR count). The van der Waals surface area contributed by atoms with E-state index in [9.17, 15) is 4.79 Å². The van der Waals surface area contributed by atoms with Gasteiger partial charge in [0.05, 0.1) is 5.39 Å². The molecule has 33 heavy (non-hydrogen) atoms. The van der Waals surface area contributed by atoms with Gasteiger partial charge in [-0.05, 0) is 41.5 Å². The van der Waals surface area contributed by atoms with E-state index in [1.807, 2.05) is 53.4 Å². The smallest absolute Gasteiger partial charge is 0.317 e. The highest BCUT2D eigenvalue weighted by Crippen LogP contribution is 2.29. The van der Waals surface area contributed by atoms with E-state index in [1.54, 1.807) is 6.33 Å². The summed E-state index contributed by atoms with van der Waals surface area (Å²) in [6, 6.07) is 17.2. The number of amides is 2. The lowest BCUT2D eigenvalue weighted by atomic mass is 10.1. The van der Waals surface area contributed by atoms with Gasteiger partial charge in [0.25, 0.3) is 0 Å². The molecular formula is C24H22Cl2N6O. The fourth-order valence-electron chi connectivity index (χ4n) is 3.98. The molecule has 3 heterocycles. The maximum atomic E-state index is 12.6. The number of H-pyrrole nitrogens is 1. The first-order valence-electron chi connectivity index (χ1n) is 10.7. The molecule has 2 aromatic carbocycles. The summed E-state index contributed by atoms with van der Waals surface area (Å²) in [6.07, 6.45) is 1.57. The van der Waals surface area contributed by atoms with E-state index >= 15 is 0 Å². The van der Waals surface area contributed by atoms with Crippen LogP contribution in [0.2, 0.25) is 10.0 Å². The number of aromatic nitrogens is 3. The number of piperazine rings is 1. The minimum Gasteiger partial charge on any atom is -0.352 e. The van der Waals surface area contributed by atoms with Crippen molar-refractivity contribution in [2.24, 2.45) is 0 Å². The van der Waals surface area contributed by atoms with E-state index in [1.165, 1.54) is 0 Å². The van der Waals surface area contributed by atoms with Gasteiger partial charge in [-0.3, -0.25) is 0 Å². The lowest BCUT2D eigenvalue weighted by molar-refractivity contribution is 0.194. The van der Waals surface area contributed by atoms with Crippen LogP contribution in [0, 0.1) is 0 Å². The molecule has 1 aliphatic rings. The number of nitrogens with zero attached hydrogens (tertiary/aromatic N) is 4. The number of carbonyl (C=O) groups is 1. The zero-order chi connectivity index (χ0) is 22.8. The van der Waals surface area contributed by atoms with Gasteiger partial charge in [0.2, 0.25) is 0 Å². The molecule has 9 heteroatoms. The SMILES string of the molecule is O=C(NCc1ccc(Cl)cc1)N1CCN(c2ncnc3[nH]c(-c4ccc(Cl)cc4)cc23)CC1. The van der Waals surface area contributed by atoms with Crippen molar-refractivity contribution in [3.63, 3.8) is 0 Å². The fourth-order valence-corrected chi connectivity index (χ4v) is 4.23. The number of urea groups is 1. The predicted octanol–water partition coefficient (Wildman–Crippen LogP) is 4.96. The molecule has 0 atom stereocenters. The van der Waals surface area contributed by atoms with Gasteiger partial charge in [-0.1, -0.05) is 47.5 Å². The summed E-state index contributed by atoms with van der Waals surface area (Å²) in [4.78, 5) is 29.0. The van der Waals surface area contributed by atoms with E-state index in [4.69, 9.17) is 23.2 Å². The van der Waals surface area contributed by atoms with Crippen LogP contribution in [-0.2, 0) is 6.54 Å². The van der Waals surface area contributed by atoms with Gasteiger partial charge < -0.3 is 20.1 Å². The lowest BCUT2D eigenvalue weighted by Crippen LogP contribution is -2.52. The lowest BCUT2D eigenvalue weighted by Gasteiger charge is -2.35. The monoisotopic (exact) mass is 480 g/mol. The molecule has 0 unspecified atom stereocenters. The summed E-state index contributed by atoms with van der Waals surface area (Å²) >= 11 is 11.9. The summed E-state index contributed by atoms with van der Waals surface area (Å²) in [6.45, 7) is 3.10. The summed E-state index contributed by atoms with van der Waals surface area (Å²) < 4.78 is 0. The minimum absolute atomic E-state index is 0.0656. The van der Waals surface area contributed by atoms with Crippen LogP contribution >= 0.6 is 23.2 Å². The molecule has 2 aromatic heterocycles. The third kappa shape index (κ3) is 4.74. The van der Waals surface area contributed by atoms with Crippen molar-refractivity contribution in [1.82, 2.24) is 25.2 Å². The van der Waals surface area contributed by atoms with Crippen molar-refractivity contribution >= 4 is 46.1 Å². The van der Waals surface area contributed by atoms with Gasteiger partial charge in [0, 0.05) is 48.5 Å². The van der Waals surface area contributed by atoms with Crippen molar-refractivity contribution in [2.75, 3.05) is 31.1 Å². The minimum atomic E-state index is -0.0656. The van der Waals surface area contributed by atoms with E-state index in [2.05, 4.69) is 31.2 Å². The Balaban J connectivity index is 1.25. The molecule has 168 valence electrons. The Morgan fingerprint density at radius 3 is 2.30 bits per heavy atom. The number of benzene rings is 2. The number of hydrogen-bond acceptors (Lipinski definition) is 4. The van der Waals surface area contributed by atoms with Gasteiger partial charge in [0.15, 0.2) is 0 Å². The largest absolute Gasteiger partial charge is 0.352 e. The van der Waals surface area contributed by atoms with Crippen LogP contribution in [0.15, 0.2) is 60.9 Å². The molecule has 0 bridgehead atoms. The zero-order valence-corrected chi connectivity index (χ0v) is 19.3. The predicted molar refractivity (Wildman–Crippen MR) is 132 cm³/mol. The van der Waals surface area contributed by atoms with Crippen LogP contribution < -0.4 is 10.2 Å². The van der Waals surface area contributed by atoms with Gasteiger partial charge in [-0.2, -0.15) is 0 Å². The number of carbonyl (C=O) groups excluding carboxylic acids is 1. The van der Waals surface area contributed by atoms with Crippen molar-refractivity contribution in [1.29, 1.82) is 0 Å². The molecular weight excluding hydrogens is 459 g/mol. The molecule has 7 nitrogen and oxygen atoms in total.